The Hall–Kier alpha value is -3.03. The number of carbonyl (C=O) groups excluding carboxylic acids is 1. The van der Waals surface area contributed by atoms with Crippen LogP contribution in [0.15, 0.2) is 35.6 Å². The topological polar surface area (TPSA) is 116 Å². The average molecular weight is 256 g/mol. The zero-order valence-electron chi connectivity index (χ0n) is 9.54. The number of carbonyl (C=O) groups is 1. The summed E-state index contributed by atoms with van der Waals surface area (Å²) in [6.07, 6.45) is 4.34. The second kappa shape index (κ2) is 4.33. The van der Waals surface area contributed by atoms with Gasteiger partial charge in [-0.3, -0.25) is 24.9 Å². The number of pyridine rings is 1. The van der Waals surface area contributed by atoms with Crippen molar-refractivity contribution in [2.24, 2.45) is 0 Å². The molecule has 19 heavy (non-hydrogen) atoms. The largest absolute Gasteiger partial charge is 0.339 e. The van der Waals surface area contributed by atoms with Gasteiger partial charge in [0.15, 0.2) is 11.2 Å². The van der Waals surface area contributed by atoms with Gasteiger partial charge in [-0.2, -0.15) is 4.98 Å². The van der Waals surface area contributed by atoms with Crippen molar-refractivity contribution in [3.05, 3.63) is 46.8 Å². The van der Waals surface area contributed by atoms with Gasteiger partial charge in [0, 0.05) is 12.4 Å². The monoisotopic (exact) mass is 256 g/mol. The van der Waals surface area contributed by atoms with Crippen molar-refractivity contribution in [1.29, 1.82) is 0 Å². The van der Waals surface area contributed by atoms with Crippen LogP contribution in [-0.4, -0.2) is 30.8 Å². The maximum atomic E-state index is 11.9. The van der Waals surface area contributed by atoms with Gasteiger partial charge in [0.05, 0.1) is 11.9 Å². The summed E-state index contributed by atoms with van der Waals surface area (Å²) in [5, 5.41) is 2.48. The molecule has 3 rings (SSSR count). The number of aromatic amines is 2. The molecule has 3 N–H and O–H groups in total. The van der Waals surface area contributed by atoms with Crippen LogP contribution in [0, 0.1) is 0 Å². The average Bonchev–Trinajstić information content (AvgIpc) is 2.88. The molecular weight excluding hydrogens is 248 g/mol. The van der Waals surface area contributed by atoms with Crippen LogP contribution in [-0.2, 0) is 0 Å². The summed E-state index contributed by atoms with van der Waals surface area (Å²) in [5.74, 6) is -0.371. The molecule has 3 aromatic rings. The van der Waals surface area contributed by atoms with Crippen LogP contribution in [0.3, 0.4) is 0 Å². The number of hydrogen-bond acceptors (Lipinski definition) is 5. The van der Waals surface area contributed by atoms with Crippen molar-refractivity contribution in [3.63, 3.8) is 0 Å². The lowest BCUT2D eigenvalue weighted by atomic mass is 10.3. The summed E-state index contributed by atoms with van der Waals surface area (Å²) >= 11 is 0. The molecule has 3 heterocycles. The fourth-order valence-electron chi connectivity index (χ4n) is 1.58. The highest BCUT2D eigenvalue weighted by Gasteiger charge is 2.10. The van der Waals surface area contributed by atoms with Crippen molar-refractivity contribution < 1.29 is 4.79 Å². The second-order valence-corrected chi connectivity index (χ2v) is 3.71. The van der Waals surface area contributed by atoms with Gasteiger partial charge in [-0.15, -0.1) is 0 Å². The highest BCUT2D eigenvalue weighted by molar-refractivity contribution is 6.03. The molecule has 0 saturated carbocycles. The van der Waals surface area contributed by atoms with E-state index in [1.54, 1.807) is 18.3 Å². The van der Waals surface area contributed by atoms with Crippen molar-refractivity contribution in [2.45, 2.75) is 0 Å². The maximum Gasteiger partial charge on any atom is 0.278 e. The first-order valence-corrected chi connectivity index (χ1v) is 5.39. The standard InChI is InChI=1S/C11H8N6O2/c18-9(6-2-1-3-12-4-6)16-11-15-8-7(10(19)17-11)13-5-14-8/h1-5H,(H3,13,14,15,16,17,18,19). The minimum absolute atomic E-state index is 0.0402. The Morgan fingerprint density at radius 1 is 1.37 bits per heavy atom. The molecule has 0 atom stereocenters. The van der Waals surface area contributed by atoms with Crippen molar-refractivity contribution in [1.82, 2.24) is 24.9 Å². The smallest absolute Gasteiger partial charge is 0.278 e. The summed E-state index contributed by atoms with van der Waals surface area (Å²) in [5.41, 5.74) is 0.473. The van der Waals surface area contributed by atoms with Crippen LogP contribution in [0.1, 0.15) is 10.4 Å². The lowest BCUT2D eigenvalue weighted by Gasteiger charge is -2.03. The number of rotatable bonds is 2. The van der Waals surface area contributed by atoms with Gasteiger partial charge < -0.3 is 4.98 Å². The van der Waals surface area contributed by atoms with Gasteiger partial charge >= 0.3 is 0 Å². The predicted molar refractivity (Wildman–Crippen MR) is 66.7 cm³/mol. The highest BCUT2D eigenvalue weighted by atomic mass is 16.2. The Balaban J connectivity index is 1.93. The summed E-state index contributed by atoms with van der Waals surface area (Å²) in [6.45, 7) is 0. The van der Waals surface area contributed by atoms with E-state index >= 15 is 0 Å². The van der Waals surface area contributed by atoms with Crippen LogP contribution in [0.4, 0.5) is 5.95 Å². The number of H-pyrrole nitrogens is 2. The first-order chi connectivity index (χ1) is 9.24. The third kappa shape index (κ3) is 2.06. The number of nitrogens with one attached hydrogen (secondary N) is 3. The molecule has 0 fully saturated rings. The summed E-state index contributed by atoms with van der Waals surface area (Å²) in [7, 11) is 0. The van der Waals surface area contributed by atoms with Crippen molar-refractivity contribution in [2.75, 3.05) is 5.32 Å². The van der Waals surface area contributed by atoms with Crippen molar-refractivity contribution >= 4 is 23.0 Å². The van der Waals surface area contributed by atoms with Crippen LogP contribution in [0.2, 0.25) is 0 Å². The van der Waals surface area contributed by atoms with Gasteiger partial charge in [-0.05, 0) is 12.1 Å². The first-order valence-electron chi connectivity index (χ1n) is 5.39. The molecule has 0 aliphatic carbocycles. The summed E-state index contributed by atoms with van der Waals surface area (Å²) in [4.78, 5) is 40.3. The predicted octanol–water partition coefficient (Wildman–Crippen LogP) is 0.293. The Morgan fingerprint density at radius 3 is 3.05 bits per heavy atom. The SMILES string of the molecule is O=C(Nc1nc2nc[nH]c2c(=O)[nH]1)c1cccnc1. The van der Waals surface area contributed by atoms with E-state index < -0.39 is 11.5 Å². The summed E-state index contributed by atoms with van der Waals surface area (Å²) < 4.78 is 0. The highest BCUT2D eigenvalue weighted by Crippen LogP contribution is 2.05. The lowest BCUT2D eigenvalue weighted by Crippen LogP contribution is -2.18. The Kier molecular flexibility index (Phi) is 2.53. The molecule has 0 unspecified atom stereocenters. The van der Waals surface area contributed by atoms with E-state index in [0.29, 0.717) is 5.56 Å². The third-order valence-corrected chi connectivity index (χ3v) is 2.45. The Morgan fingerprint density at radius 2 is 2.26 bits per heavy atom. The lowest BCUT2D eigenvalue weighted by molar-refractivity contribution is 0.102. The molecule has 0 aliphatic rings. The first kappa shape index (κ1) is 11.1. The van der Waals surface area contributed by atoms with E-state index in [1.807, 2.05) is 0 Å². The molecule has 1 amide bonds. The number of anilines is 1. The molecule has 0 spiro atoms. The minimum atomic E-state index is -0.411. The zero-order chi connectivity index (χ0) is 13.2. The van der Waals surface area contributed by atoms with E-state index in [4.69, 9.17) is 0 Å². The van der Waals surface area contributed by atoms with Gasteiger partial charge in [0.1, 0.15) is 0 Å². The van der Waals surface area contributed by atoms with E-state index in [2.05, 4.69) is 30.2 Å². The molecule has 3 aromatic heterocycles. The number of imidazole rings is 1. The minimum Gasteiger partial charge on any atom is -0.339 e. The maximum absolute atomic E-state index is 11.9. The Bertz CT molecular complexity index is 792. The van der Waals surface area contributed by atoms with E-state index in [-0.39, 0.29) is 17.1 Å². The molecule has 8 nitrogen and oxygen atoms in total. The molecule has 0 bridgehead atoms. The van der Waals surface area contributed by atoms with Gasteiger partial charge in [0.2, 0.25) is 5.95 Å². The molecule has 94 valence electrons. The summed E-state index contributed by atoms with van der Waals surface area (Å²) in [6, 6.07) is 3.25. The number of nitrogens with zero attached hydrogens (tertiary/aromatic N) is 3. The van der Waals surface area contributed by atoms with E-state index in [1.165, 1.54) is 12.5 Å². The number of amides is 1. The van der Waals surface area contributed by atoms with Gasteiger partial charge in [0.25, 0.3) is 11.5 Å². The number of fused-ring (bicyclic) bond motifs is 1. The fraction of sp³-hybridized carbons (Fsp3) is 0. The van der Waals surface area contributed by atoms with E-state index in [0.717, 1.165) is 0 Å². The fourth-order valence-corrected chi connectivity index (χ4v) is 1.58. The van der Waals surface area contributed by atoms with Gasteiger partial charge in [-0.25, -0.2) is 4.98 Å². The van der Waals surface area contributed by atoms with Crippen molar-refractivity contribution in [3.8, 4) is 0 Å². The Labute approximate surface area is 105 Å². The molecule has 8 heteroatoms. The van der Waals surface area contributed by atoms with Crippen LogP contribution < -0.4 is 10.9 Å². The second-order valence-electron chi connectivity index (χ2n) is 3.71. The van der Waals surface area contributed by atoms with Crippen LogP contribution >= 0.6 is 0 Å². The van der Waals surface area contributed by atoms with Crippen LogP contribution in [0.25, 0.3) is 11.2 Å². The zero-order valence-corrected chi connectivity index (χ0v) is 9.54. The van der Waals surface area contributed by atoms with Crippen LogP contribution in [0.5, 0.6) is 0 Å². The molecule has 0 saturated heterocycles. The molecule has 0 radical (unpaired) electrons. The molecular formula is C11H8N6O2. The third-order valence-electron chi connectivity index (χ3n) is 2.45. The quantitative estimate of drug-likeness (QED) is 0.609. The normalized spacial score (nSPS) is 10.5. The number of hydrogen-bond donors (Lipinski definition) is 3. The molecule has 0 aliphatic heterocycles. The molecule has 0 aromatic carbocycles. The van der Waals surface area contributed by atoms with E-state index in [9.17, 15) is 9.59 Å². The number of aromatic nitrogens is 5. The van der Waals surface area contributed by atoms with Gasteiger partial charge in [-0.1, -0.05) is 0 Å².